The number of likely N-dealkylation sites (tertiary alicyclic amines) is 1. The van der Waals surface area contributed by atoms with Crippen molar-refractivity contribution in [1.29, 1.82) is 0 Å². The highest BCUT2D eigenvalue weighted by molar-refractivity contribution is 7.93. The maximum atomic E-state index is 13.6. The highest BCUT2D eigenvalue weighted by Crippen LogP contribution is 2.39. The Balaban J connectivity index is 1.67. The van der Waals surface area contributed by atoms with E-state index < -0.39 is 10.0 Å². The number of rotatable bonds is 7. The minimum absolute atomic E-state index is 0.0136. The second-order valence-corrected chi connectivity index (χ2v) is 10.1. The van der Waals surface area contributed by atoms with Crippen molar-refractivity contribution in [3.63, 3.8) is 0 Å². The third-order valence-corrected chi connectivity index (χ3v) is 8.32. The average molecular weight is 457 g/mol. The molecular formula is C24H28N2O5S. The van der Waals surface area contributed by atoms with Crippen molar-refractivity contribution in [1.82, 2.24) is 4.90 Å². The molecule has 7 nitrogen and oxygen atoms in total. The molecule has 0 unspecified atom stereocenters. The Labute approximate surface area is 189 Å². The van der Waals surface area contributed by atoms with Gasteiger partial charge in [0.05, 0.1) is 31.2 Å². The van der Waals surface area contributed by atoms with Gasteiger partial charge in [0.15, 0.2) is 0 Å². The molecule has 170 valence electrons. The molecule has 0 bridgehead atoms. The molecule has 1 aliphatic heterocycles. The van der Waals surface area contributed by atoms with Gasteiger partial charge < -0.3 is 4.74 Å². The lowest BCUT2D eigenvalue weighted by atomic mass is 9.81. The van der Waals surface area contributed by atoms with E-state index in [0.29, 0.717) is 11.3 Å². The van der Waals surface area contributed by atoms with Gasteiger partial charge in [-0.15, -0.1) is 0 Å². The predicted molar refractivity (Wildman–Crippen MR) is 121 cm³/mol. The minimum atomic E-state index is -3.93. The van der Waals surface area contributed by atoms with Crippen LogP contribution in [0.4, 0.5) is 5.69 Å². The molecule has 1 aliphatic carbocycles. The molecular weight excluding hydrogens is 428 g/mol. The summed E-state index contributed by atoms with van der Waals surface area (Å²) in [5.74, 6) is -0.521. The molecule has 1 saturated carbocycles. The van der Waals surface area contributed by atoms with E-state index in [4.69, 9.17) is 4.74 Å². The third kappa shape index (κ3) is 3.88. The number of anilines is 1. The van der Waals surface area contributed by atoms with Crippen molar-refractivity contribution in [2.75, 3.05) is 18.0 Å². The first-order chi connectivity index (χ1) is 15.4. The SMILES string of the molecule is CCN(c1ccccc1)S(=O)(=O)c1cc(CN2C(=O)[C@H]3CCCC[C@@H]3C2=O)ccc1OC. The zero-order valence-electron chi connectivity index (χ0n) is 18.4. The molecule has 1 saturated heterocycles. The number of carbonyl (C=O) groups excluding carboxylic acids is 2. The maximum absolute atomic E-state index is 13.6. The van der Waals surface area contributed by atoms with E-state index in [2.05, 4.69) is 0 Å². The van der Waals surface area contributed by atoms with E-state index in [-0.39, 0.29) is 47.4 Å². The van der Waals surface area contributed by atoms with E-state index in [1.54, 1.807) is 43.3 Å². The summed E-state index contributed by atoms with van der Waals surface area (Å²) in [7, 11) is -2.51. The molecule has 0 spiro atoms. The van der Waals surface area contributed by atoms with Crippen LogP contribution >= 0.6 is 0 Å². The van der Waals surface area contributed by atoms with Gasteiger partial charge in [-0.05, 0) is 49.6 Å². The fourth-order valence-electron chi connectivity index (χ4n) is 4.79. The first-order valence-electron chi connectivity index (χ1n) is 11.0. The van der Waals surface area contributed by atoms with Crippen LogP contribution in [0.3, 0.4) is 0 Å². The van der Waals surface area contributed by atoms with E-state index in [1.807, 2.05) is 6.07 Å². The zero-order valence-corrected chi connectivity index (χ0v) is 19.2. The van der Waals surface area contributed by atoms with Crippen molar-refractivity contribution in [3.8, 4) is 5.75 Å². The fourth-order valence-corrected chi connectivity index (χ4v) is 6.48. The van der Waals surface area contributed by atoms with E-state index >= 15 is 0 Å². The van der Waals surface area contributed by atoms with Gasteiger partial charge in [-0.1, -0.05) is 37.1 Å². The Morgan fingerprint density at radius 3 is 2.19 bits per heavy atom. The van der Waals surface area contributed by atoms with Crippen LogP contribution in [0.25, 0.3) is 0 Å². The van der Waals surface area contributed by atoms with Gasteiger partial charge in [-0.2, -0.15) is 0 Å². The molecule has 0 radical (unpaired) electrons. The topological polar surface area (TPSA) is 84.0 Å². The first-order valence-corrected chi connectivity index (χ1v) is 12.4. The number of amides is 2. The van der Waals surface area contributed by atoms with Crippen LogP contribution in [0, 0.1) is 11.8 Å². The van der Waals surface area contributed by atoms with Crippen molar-refractivity contribution in [3.05, 3.63) is 54.1 Å². The maximum Gasteiger partial charge on any atom is 0.268 e. The Bertz CT molecular complexity index is 1090. The number of para-hydroxylation sites is 1. The number of carbonyl (C=O) groups is 2. The summed E-state index contributed by atoms with van der Waals surface area (Å²) < 4.78 is 33.8. The van der Waals surface area contributed by atoms with Gasteiger partial charge in [-0.3, -0.25) is 18.8 Å². The summed E-state index contributed by atoms with van der Waals surface area (Å²) in [6.45, 7) is 2.07. The summed E-state index contributed by atoms with van der Waals surface area (Å²) in [6, 6.07) is 13.7. The van der Waals surface area contributed by atoms with Crippen molar-refractivity contribution in [2.24, 2.45) is 11.8 Å². The largest absolute Gasteiger partial charge is 0.495 e. The van der Waals surface area contributed by atoms with Gasteiger partial charge in [0.1, 0.15) is 10.6 Å². The molecule has 4 rings (SSSR count). The van der Waals surface area contributed by atoms with Crippen molar-refractivity contribution in [2.45, 2.75) is 44.0 Å². The summed E-state index contributed by atoms with van der Waals surface area (Å²) in [5.41, 5.74) is 1.13. The van der Waals surface area contributed by atoms with Gasteiger partial charge in [0.25, 0.3) is 10.0 Å². The summed E-state index contributed by atoms with van der Waals surface area (Å²) in [5, 5.41) is 0. The number of methoxy groups -OCH3 is 1. The number of nitrogens with zero attached hydrogens (tertiary/aromatic N) is 2. The Morgan fingerprint density at radius 1 is 1.00 bits per heavy atom. The number of sulfonamides is 1. The lowest BCUT2D eigenvalue weighted by Gasteiger charge is -2.24. The van der Waals surface area contributed by atoms with Crippen LogP contribution in [0.5, 0.6) is 5.75 Å². The standard InChI is InChI=1S/C24H28N2O5S/c1-3-26(18-9-5-4-6-10-18)32(29,30)22-15-17(13-14-21(22)31-2)16-25-23(27)19-11-7-8-12-20(19)24(25)28/h4-6,9-10,13-15,19-20H,3,7-8,11-12,16H2,1-2H3/t19-,20-/m0/s1. The number of fused-ring (bicyclic) bond motifs is 1. The fraction of sp³-hybridized carbons (Fsp3) is 0.417. The molecule has 2 atom stereocenters. The molecule has 8 heteroatoms. The Hall–Kier alpha value is -2.87. The van der Waals surface area contributed by atoms with Crippen molar-refractivity contribution < 1.29 is 22.7 Å². The molecule has 32 heavy (non-hydrogen) atoms. The smallest absolute Gasteiger partial charge is 0.268 e. The van der Waals surface area contributed by atoms with Gasteiger partial charge >= 0.3 is 0 Å². The van der Waals surface area contributed by atoms with Crippen LogP contribution < -0.4 is 9.04 Å². The molecule has 2 fully saturated rings. The monoisotopic (exact) mass is 456 g/mol. The summed E-state index contributed by atoms with van der Waals surface area (Å²) >= 11 is 0. The number of benzene rings is 2. The lowest BCUT2D eigenvalue weighted by Crippen LogP contribution is -2.32. The molecule has 0 N–H and O–H groups in total. The van der Waals surface area contributed by atoms with Crippen LogP contribution in [-0.4, -0.2) is 38.8 Å². The second kappa shape index (κ2) is 8.94. The van der Waals surface area contributed by atoms with Crippen LogP contribution in [-0.2, 0) is 26.2 Å². The van der Waals surface area contributed by atoms with Crippen molar-refractivity contribution >= 4 is 27.5 Å². The average Bonchev–Trinajstić information content (AvgIpc) is 3.05. The summed E-state index contributed by atoms with van der Waals surface area (Å²) in [4.78, 5) is 27.0. The van der Waals surface area contributed by atoms with Crippen LogP contribution in [0.1, 0.15) is 38.2 Å². The molecule has 2 aromatic rings. The molecule has 2 aromatic carbocycles. The Morgan fingerprint density at radius 2 is 1.62 bits per heavy atom. The second-order valence-electron chi connectivity index (χ2n) is 8.25. The van der Waals surface area contributed by atoms with E-state index in [9.17, 15) is 18.0 Å². The predicted octanol–water partition coefficient (Wildman–Crippen LogP) is 3.59. The third-order valence-electron chi connectivity index (χ3n) is 6.40. The molecule has 2 aliphatic rings. The highest BCUT2D eigenvalue weighted by Gasteiger charge is 2.48. The molecule has 0 aromatic heterocycles. The highest BCUT2D eigenvalue weighted by atomic mass is 32.2. The van der Waals surface area contributed by atoms with E-state index in [0.717, 1.165) is 25.7 Å². The van der Waals surface area contributed by atoms with Crippen LogP contribution in [0.15, 0.2) is 53.4 Å². The first kappa shape index (κ1) is 22.3. The van der Waals surface area contributed by atoms with Gasteiger partial charge in [0.2, 0.25) is 11.8 Å². The Kier molecular flexibility index (Phi) is 6.24. The summed E-state index contributed by atoms with van der Waals surface area (Å²) in [6.07, 6.45) is 3.42. The quantitative estimate of drug-likeness (QED) is 0.595. The lowest BCUT2D eigenvalue weighted by molar-refractivity contribution is -0.140. The van der Waals surface area contributed by atoms with Crippen LogP contribution in [0.2, 0.25) is 0 Å². The molecule has 1 heterocycles. The minimum Gasteiger partial charge on any atom is -0.495 e. The number of hydrogen-bond donors (Lipinski definition) is 0. The number of hydrogen-bond acceptors (Lipinski definition) is 5. The van der Waals surface area contributed by atoms with Gasteiger partial charge in [-0.25, -0.2) is 8.42 Å². The zero-order chi connectivity index (χ0) is 22.9. The number of imide groups is 1. The number of ether oxygens (including phenoxy) is 1. The molecule has 2 amide bonds. The van der Waals surface area contributed by atoms with E-state index in [1.165, 1.54) is 22.4 Å². The van der Waals surface area contributed by atoms with Gasteiger partial charge in [0, 0.05) is 6.54 Å². The normalized spacial score (nSPS) is 20.9.